The zero-order valence-electron chi connectivity index (χ0n) is 15.7. The lowest BCUT2D eigenvalue weighted by Crippen LogP contribution is -2.36. The molecule has 7 heteroatoms. The molecule has 4 rings (SSSR count). The molecule has 0 spiro atoms. The van der Waals surface area contributed by atoms with Crippen LogP contribution < -0.4 is 10.6 Å². The van der Waals surface area contributed by atoms with E-state index in [-0.39, 0.29) is 11.7 Å². The Bertz CT molecular complexity index is 1170. The topological polar surface area (TPSA) is 88.9 Å². The predicted octanol–water partition coefficient (Wildman–Crippen LogP) is 3.02. The Morgan fingerprint density at radius 2 is 1.59 bits per heavy atom. The molecule has 7 nitrogen and oxygen atoms in total. The summed E-state index contributed by atoms with van der Waals surface area (Å²) < 4.78 is 1.52. The van der Waals surface area contributed by atoms with Gasteiger partial charge in [0.1, 0.15) is 5.52 Å². The molecule has 3 aromatic carbocycles. The molecule has 0 bridgehead atoms. The van der Waals surface area contributed by atoms with Crippen molar-refractivity contribution >= 4 is 28.4 Å². The van der Waals surface area contributed by atoms with E-state index in [2.05, 4.69) is 20.9 Å². The average Bonchev–Trinajstić information content (AvgIpc) is 3.19. The van der Waals surface area contributed by atoms with Crippen LogP contribution in [0.3, 0.4) is 0 Å². The van der Waals surface area contributed by atoms with Crippen molar-refractivity contribution in [2.75, 3.05) is 12.4 Å². The Labute approximate surface area is 167 Å². The molecule has 1 amide bonds. The number of nitrogens with zero attached hydrogens (tertiary/aromatic N) is 3. The molecule has 0 aliphatic rings. The number of hydrogen-bond donors (Lipinski definition) is 2. The lowest BCUT2D eigenvalue weighted by molar-refractivity contribution is -0.120. The van der Waals surface area contributed by atoms with Gasteiger partial charge in [0.05, 0.1) is 11.2 Å². The molecule has 0 radical (unpaired) electrons. The first-order valence-corrected chi connectivity index (χ1v) is 9.16. The quantitative estimate of drug-likeness (QED) is 0.498. The zero-order valence-corrected chi connectivity index (χ0v) is 15.7. The Hall–Kier alpha value is -3.84. The van der Waals surface area contributed by atoms with Gasteiger partial charge in [0.15, 0.2) is 11.9 Å². The van der Waals surface area contributed by atoms with Crippen molar-refractivity contribution in [3.63, 3.8) is 0 Å². The van der Waals surface area contributed by atoms with Crippen LogP contribution in [0.2, 0.25) is 0 Å². The summed E-state index contributed by atoms with van der Waals surface area (Å²) in [5, 5.41) is 14.0. The highest BCUT2D eigenvalue weighted by molar-refractivity contribution is 6.14. The van der Waals surface area contributed by atoms with Gasteiger partial charge in [-0.05, 0) is 31.3 Å². The molecule has 0 saturated heterocycles. The van der Waals surface area contributed by atoms with E-state index >= 15 is 0 Å². The van der Waals surface area contributed by atoms with Gasteiger partial charge in [-0.1, -0.05) is 59.8 Å². The number of likely N-dealkylation sites (N-methyl/N-ethyl adjacent to an activating group) is 1. The van der Waals surface area contributed by atoms with E-state index in [9.17, 15) is 9.59 Å². The fourth-order valence-corrected chi connectivity index (χ4v) is 3.18. The van der Waals surface area contributed by atoms with E-state index in [4.69, 9.17) is 0 Å². The minimum Gasteiger partial charge on any atom is -0.322 e. The first-order chi connectivity index (χ1) is 14.2. The van der Waals surface area contributed by atoms with E-state index in [1.54, 1.807) is 55.6 Å². The monoisotopic (exact) mass is 385 g/mol. The van der Waals surface area contributed by atoms with E-state index in [0.717, 1.165) is 5.52 Å². The predicted molar refractivity (Wildman–Crippen MR) is 111 cm³/mol. The summed E-state index contributed by atoms with van der Waals surface area (Å²) in [7, 11) is 1.67. The van der Waals surface area contributed by atoms with Crippen LogP contribution in [0.1, 0.15) is 22.1 Å². The molecule has 0 aliphatic carbocycles. The van der Waals surface area contributed by atoms with Crippen LogP contribution in [0, 0.1) is 0 Å². The van der Waals surface area contributed by atoms with Crippen LogP contribution in [0.5, 0.6) is 0 Å². The molecule has 29 heavy (non-hydrogen) atoms. The number of carbonyl (C=O) groups is 2. The highest BCUT2D eigenvalue weighted by Gasteiger charge is 2.23. The highest BCUT2D eigenvalue weighted by Crippen LogP contribution is 2.21. The maximum Gasteiger partial charge on any atom is 0.264 e. The summed E-state index contributed by atoms with van der Waals surface area (Å²) in [5.74, 6) is -0.509. The number of ketones is 1. The molecule has 0 aliphatic heterocycles. The highest BCUT2D eigenvalue weighted by atomic mass is 16.2. The van der Waals surface area contributed by atoms with Gasteiger partial charge >= 0.3 is 0 Å². The Morgan fingerprint density at radius 3 is 2.38 bits per heavy atom. The molecule has 0 fully saturated rings. The lowest BCUT2D eigenvalue weighted by atomic mass is 10.0. The number of hydrogen-bond acceptors (Lipinski definition) is 5. The summed E-state index contributed by atoms with van der Waals surface area (Å²) in [6, 6.07) is 23.3. The fourth-order valence-electron chi connectivity index (χ4n) is 3.18. The van der Waals surface area contributed by atoms with Crippen molar-refractivity contribution in [3.05, 3.63) is 90.0 Å². The van der Waals surface area contributed by atoms with Crippen LogP contribution in [-0.4, -0.2) is 33.7 Å². The number of benzene rings is 3. The molecule has 0 saturated carbocycles. The number of rotatable bonds is 6. The standard InChI is InChI=1S/C22H19N5O2/c1-23-21(27-19-14-8-7-13-18(19)25-26-27)22(29)24-17-12-6-5-11-16(17)20(28)15-9-3-2-4-10-15/h2-14,21,23H,1H3,(H,24,29). The SMILES string of the molecule is CNC(C(=O)Nc1ccccc1C(=O)c1ccccc1)n1nnc2ccccc21. The third kappa shape index (κ3) is 3.63. The minimum atomic E-state index is -0.790. The molecule has 1 unspecified atom stereocenters. The van der Waals surface area contributed by atoms with Crippen molar-refractivity contribution in [3.8, 4) is 0 Å². The van der Waals surface area contributed by atoms with E-state index in [1.165, 1.54) is 4.68 Å². The van der Waals surface area contributed by atoms with Gasteiger partial charge in [-0.15, -0.1) is 5.10 Å². The van der Waals surface area contributed by atoms with Crippen molar-refractivity contribution in [2.24, 2.45) is 0 Å². The second kappa shape index (κ2) is 8.04. The van der Waals surface area contributed by atoms with Crippen LogP contribution in [0.15, 0.2) is 78.9 Å². The number of fused-ring (bicyclic) bond motifs is 1. The lowest BCUT2D eigenvalue weighted by Gasteiger charge is -2.18. The molecule has 1 heterocycles. The number of amides is 1. The van der Waals surface area contributed by atoms with Gasteiger partial charge in [-0.3, -0.25) is 14.9 Å². The van der Waals surface area contributed by atoms with Crippen LogP contribution in [0.25, 0.3) is 11.0 Å². The average molecular weight is 385 g/mol. The molecule has 1 aromatic heterocycles. The van der Waals surface area contributed by atoms with Crippen LogP contribution >= 0.6 is 0 Å². The summed E-state index contributed by atoms with van der Waals surface area (Å²) in [6.07, 6.45) is -0.790. The maximum absolute atomic E-state index is 13.0. The first kappa shape index (κ1) is 18.5. The fraction of sp³-hybridized carbons (Fsp3) is 0.0909. The van der Waals surface area contributed by atoms with Crippen molar-refractivity contribution < 1.29 is 9.59 Å². The zero-order chi connectivity index (χ0) is 20.2. The smallest absolute Gasteiger partial charge is 0.264 e. The second-order valence-electron chi connectivity index (χ2n) is 6.44. The van der Waals surface area contributed by atoms with Crippen LogP contribution in [-0.2, 0) is 4.79 Å². The Balaban J connectivity index is 1.64. The van der Waals surface area contributed by atoms with Crippen LogP contribution in [0.4, 0.5) is 5.69 Å². The summed E-state index contributed by atoms with van der Waals surface area (Å²) >= 11 is 0. The van der Waals surface area contributed by atoms with Gasteiger partial charge in [0.2, 0.25) is 0 Å². The second-order valence-corrected chi connectivity index (χ2v) is 6.44. The molecular weight excluding hydrogens is 366 g/mol. The van der Waals surface area contributed by atoms with Gasteiger partial charge in [-0.25, -0.2) is 4.68 Å². The van der Waals surface area contributed by atoms with Gasteiger partial charge in [0, 0.05) is 11.1 Å². The third-order valence-corrected chi connectivity index (χ3v) is 4.61. The van der Waals surface area contributed by atoms with E-state index in [1.807, 2.05) is 30.3 Å². The van der Waals surface area contributed by atoms with Gasteiger partial charge < -0.3 is 5.32 Å². The number of anilines is 1. The molecule has 144 valence electrons. The minimum absolute atomic E-state index is 0.159. The van der Waals surface area contributed by atoms with Crippen molar-refractivity contribution in [1.82, 2.24) is 20.3 Å². The molecule has 2 N–H and O–H groups in total. The number of aromatic nitrogens is 3. The third-order valence-electron chi connectivity index (χ3n) is 4.61. The molecule has 1 atom stereocenters. The maximum atomic E-state index is 13.0. The first-order valence-electron chi connectivity index (χ1n) is 9.16. The number of carbonyl (C=O) groups excluding carboxylic acids is 2. The molecular formula is C22H19N5O2. The number of para-hydroxylation sites is 2. The Kier molecular flexibility index (Phi) is 5.13. The molecule has 4 aromatic rings. The number of nitrogens with one attached hydrogen (secondary N) is 2. The van der Waals surface area contributed by atoms with E-state index < -0.39 is 6.17 Å². The summed E-state index contributed by atoms with van der Waals surface area (Å²) in [4.78, 5) is 25.9. The van der Waals surface area contributed by atoms with Gasteiger partial charge in [0.25, 0.3) is 5.91 Å². The summed E-state index contributed by atoms with van der Waals surface area (Å²) in [5.41, 5.74) is 2.85. The van der Waals surface area contributed by atoms with Crippen molar-refractivity contribution in [1.29, 1.82) is 0 Å². The van der Waals surface area contributed by atoms with Crippen molar-refractivity contribution in [2.45, 2.75) is 6.17 Å². The van der Waals surface area contributed by atoms with Gasteiger partial charge in [-0.2, -0.15) is 0 Å². The summed E-state index contributed by atoms with van der Waals surface area (Å²) in [6.45, 7) is 0. The Morgan fingerprint density at radius 1 is 0.897 bits per heavy atom. The normalized spacial score (nSPS) is 11.9. The van der Waals surface area contributed by atoms with E-state index in [0.29, 0.717) is 22.3 Å². The largest absolute Gasteiger partial charge is 0.322 e.